The Bertz CT molecular complexity index is 1260. The van der Waals surface area contributed by atoms with Gasteiger partial charge in [-0.05, 0) is 53.2 Å². The number of halogens is 1. The molecule has 1 unspecified atom stereocenters. The second-order valence-corrected chi connectivity index (χ2v) is 7.13. The minimum absolute atomic E-state index is 0.251. The smallest absolute Gasteiger partial charge is 0.255 e. The number of rotatable bonds is 3. The van der Waals surface area contributed by atoms with Crippen molar-refractivity contribution >= 4 is 40.0 Å². The fourth-order valence-electron chi connectivity index (χ4n) is 3.48. The van der Waals surface area contributed by atoms with Gasteiger partial charge in [0.2, 0.25) is 5.95 Å². The third kappa shape index (κ3) is 3.01. The maximum Gasteiger partial charge on any atom is 0.255 e. The van der Waals surface area contributed by atoms with Crippen LogP contribution >= 0.6 is 11.6 Å². The zero-order chi connectivity index (χ0) is 20.0. The van der Waals surface area contributed by atoms with Crippen LogP contribution in [0.4, 0.5) is 11.6 Å². The molecular weight excluding hydrogens is 392 g/mol. The van der Waals surface area contributed by atoms with Gasteiger partial charge in [-0.2, -0.15) is 9.78 Å². The van der Waals surface area contributed by atoms with Gasteiger partial charge in [0.05, 0.1) is 17.3 Å². The molecule has 0 fully saturated rings. The van der Waals surface area contributed by atoms with E-state index < -0.39 is 6.04 Å². The number of amides is 1. The summed E-state index contributed by atoms with van der Waals surface area (Å²) >= 11 is 6.04. The lowest BCUT2D eigenvalue weighted by Gasteiger charge is -2.28. The average molecular weight is 407 g/mol. The van der Waals surface area contributed by atoms with Gasteiger partial charge in [0, 0.05) is 21.8 Å². The van der Waals surface area contributed by atoms with Crippen molar-refractivity contribution in [3.8, 4) is 0 Å². The van der Waals surface area contributed by atoms with Gasteiger partial charge >= 0.3 is 0 Å². The van der Waals surface area contributed by atoms with E-state index >= 15 is 0 Å². The number of hydrogen-bond acceptors (Lipinski definition) is 6. The number of hydrogen-bond donors (Lipinski definition) is 3. The Balaban J connectivity index is 1.54. The van der Waals surface area contributed by atoms with Crippen LogP contribution in [0.25, 0.3) is 10.9 Å². The zero-order valence-corrected chi connectivity index (χ0v) is 16.0. The molecule has 10 heteroatoms. The first-order valence-corrected chi connectivity index (χ1v) is 9.23. The van der Waals surface area contributed by atoms with Gasteiger partial charge in [-0.3, -0.25) is 9.89 Å². The summed E-state index contributed by atoms with van der Waals surface area (Å²) in [6.45, 7) is 1.83. The van der Waals surface area contributed by atoms with Crippen molar-refractivity contribution in [1.82, 2.24) is 30.4 Å². The second-order valence-electron chi connectivity index (χ2n) is 6.69. The van der Waals surface area contributed by atoms with Gasteiger partial charge in [-0.1, -0.05) is 28.8 Å². The standard InChI is InChI=1S/C19H15ClN8O/c1-10-16(18(29)23-14-6-7-15-12(8-14)9-21-24-15)17(11-2-4-13(20)5-3-11)28-19(22-10)25-26-27-28/h2-9,17H,1H3,(H,21,24)(H,23,29)(H,22,25,27). The van der Waals surface area contributed by atoms with E-state index in [0.29, 0.717) is 27.9 Å². The van der Waals surface area contributed by atoms with Crippen LogP contribution in [-0.2, 0) is 4.79 Å². The van der Waals surface area contributed by atoms with E-state index in [9.17, 15) is 4.79 Å². The number of carbonyl (C=O) groups is 1. The number of anilines is 2. The molecule has 4 aromatic rings. The van der Waals surface area contributed by atoms with E-state index in [1.165, 1.54) is 0 Å². The Morgan fingerprint density at radius 3 is 2.86 bits per heavy atom. The molecule has 0 bridgehead atoms. The number of nitrogens with zero attached hydrogens (tertiary/aromatic N) is 5. The van der Waals surface area contributed by atoms with Gasteiger partial charge in [0.25, 0.3) is 5.91 Å². The minimum atomic E-state index is -0.490. The summed E-state index contributed by atoms with van der Waals surface area (Å²) < 4.78 is 1.59. The summed E-state index contributed by atoms with van der Waals surface area (Å²) in [5, 5.41) is 26.3. The van der Waals surface area contributed by atoms with E-state index in [2.05, 4.69) is 36.4 Å². The highest BCUT2D eigenvalue weighted by molar-refractivity contribution is 6.30. The molecule has 1 aliphatic rings. The van der Waals surface area contributed by atoms with E-state index in [1.807, 2.05) is 37.3 Å². The first-order valence-electron chi connectivity index (χ1n) is 8.86. The number of carbonyl (C=O) groups excluding carboxylic acids is 1. The van der Waals surface area contributed by atoms with Crippen molar-refractivity contribution in [2.75, 3.05) is 10.6 Å². The van der Waals surface area contributed by atoms with Crippen molar-refractivity contribution in [3.63, 3.8) is 0 Å². The molecule has 2 aromatic carbocycles. The predicted octanol–water partition coefficient (Wildman–Crippen LogP) is 3.13. The number of aromatic nitrogens is 6. The van der Waals surface area contributed by atoms with Crippen LogP contribution in [0.15, 0.2) is 59.9 Å². The summed E-state index contributed by atoms with van der Waals surface area (Å²) in [5.41, 5.74) is 3.60. The fraction of sp³-hybridized carbons (Fsp3) is 0.105. The predicted molar refractivity (Wildman–Crippen MR) is 108 cm³/mol. The molecule has 0 radical (unpaired) electrons. The van der Waals surface area contributed by atoms with Gasteiger partial charge < -0.3 is 10.6 Å². The summed E-state index contributed by atoms with van der Waals surface area (Å²) in [7, 11) is 0. The molecule has 1 aliphatic heterocycles. The number of fused-ring (bicyclic) bond motifs is 2. The Kier molecular flexibility index (Phi) is 4.02. The minimum Gasteiger partial charge on any atom is -0.326 e. The molecule has 5 rings (SSSR count). The van der Waals surface area contributed by atoms with Crippen LogP contribution in [0, 0.1) is 0 Å². The highest BCUT2D eigenvalue weighted by atomic mass is 35.5. The Labute approximate surface area is 169 Å². The van der Waals surface area contributed by atoms with E-state index in [1.54, 1.807) is 23.0 Å². The van der Waals surface area contributed by atoms with Crippen molar-refractivity contribution in [2.24, 2.45) is 0 Å². The zero-order valence-electron chi connectivity index (χ0n) is 15.2. The molecule has 0 saturated carbocycles. The number of tetrazole rings is 1. The highest BCUT2D eigenvalue weighted by Crippen LogP contribution is 2.35. The van der Waals surface area contributed by atoms with Crippen molar-refractivity contribution < 1.29 is 4.79 Å². The summed E-state index contributed by atoms with van der Waals surface area (Å²) in [6, 6.07) is 12.4. The molecule has 29 heavy (non-hydrogen) atoms. The molecule has 1 atom stereocenters. The van der Waals surface area contributed by atoms with E-state index in [-0.39, 0.29) is 5.91 Å². The normalized spacial score (nSPS) is 15.9. The summed E-state index contributed by atoms with van der Waals surface area (Å²) in [5.74, 6) is 0.220. The van der Waals surface area contributed by atoms with Crippen LogP contribution in [0.2, 0.25) is 5.02 Å². The largest absolute Gasteiger partial charge is 0.326 e. The monoisotopic (exact) mass is 406 g/mol. The van der Waals surface area contributed by atoms with Gasteiger partial charge in [-0.25, -0.2) is 0 Å². The number of benzene rings is 2. The second kappa shape index (κ2) is 6.71. The number of allylic oxidation sites excluding steroid dienone is 1. The van der Waals surface area contributed by atoms with Crippen LogP contribution in [0.1, 0.15) is 18.5 Å². The van der Waals surface area contributed by atoms with E-state index in [4.69, 9.17) is 11.6 Å². The van der Waals surface area contributed by atoms with Gasteiger partial charge in [-0.15, -0.1) is 0 Å². The Morgan fingerprint density at radius 1 is 1.21 bits per heavy atom. The fourth-order valence-corrected chi connectivity index (χ4v) is 3.60. The quantitative estimate of drug-likeness (QED) is 0.481. The lowest BCUT2D eigenvalue weighted by molar-refractivity contribution is -0.113. The van der Waals surface area contributed by atoms with Crippen molar-refractivity contribution in [3.05, 3.63) is 70.5 Å². The topological polar surface area (TPSA) is 113 Å². The lowest BCUT2D eigenvalue weighted by Crippen LogP contribution is -2.31. The maximum atomic E-state index is 13.3. The molecule has 1 amide bonds. The summed E-state index contributed by atoms with van der Waals surface area (Å²) in [4.78, 5) is 13.3. The lowest BCUT2D eigenvalue weighted by atomic mass is 9.95. The third-order valence-corrected chi connectivity index (χ3v) is 5.09. The van der Waals surface area contributed by atoms with Crippen LogP contribution < -0.4 is 10.6 Å². The molecule has 9 nitrogen and oxygen atoms in total. The highest BCUT2D eigenvalue weighted by Gasteiger charge is 2.34. The summed E-state index contributed by atoms with van der Waals surface area (Å²) in [6.07, 6.45) is 1.71. The number of nitrogens with one attached hydrogen (secondary N) is 3. The number of aromatic amines is 1. The molecular formula is C19H15ClN8O. The SMILES string of the molecule is CC1=C(C(=O)Nc2ccc3[nH]ncc3c2)C(c2ccc(Cl)cc2)n2nnnc2N1. The van der Waals surface area contributed by atoms with Crippen LogP contribution in [0.5, 0.6) is 0 Å². The molecule has 2 aromatic heterocycles. The molecule has 144 valence electrons. The molecule has 0 aliphatic carbocycles. The average Bonchev–Trinajstić information content (AvgIpc) is 3.36. The molecule has 3 heterocycles. The van der Waals surface area contributed by atoms with E-state index in [0.717, 1.165) is 16.5 Å². The Morgan fingerprint density at radius 2 is 2.03 bits per heavy atom. The molecule has 0 saturated heterocycles. The van der Waals surface area contributed by atoms with Gasteiger partial charge in [0.1, 0.15) is 6.04 Å². The maximum absolute atomic E-state index is 13.3. The van der Waals surface area contributed by atoms with Crippen LogP contribution in [0.3, 0.4) is 0 Å². The molecule has 0 spiro atoms. The third-order valence-electron chi connectivity index (χ3n) is 4.84. The number of H-pyrrole nitrogens is 1. The van der Waals surface area contributed by atoms with Gasteiger partial charge in [0.15, 0.2) is 0 Å². The first kappa shape index (κ1) is 17.4. The van der Waals surface area contributed by atoms with Crippen LogP contribution in [-0.4, -0.2) is 36.3 Å². The van der Waals surface area contributed by atoms with Crippen molar-refractivity contribution in [1.29, 1.82) is 0 Å². The van der Waals surface area contributed by atoms with Crippen molar-refractivity contribution in [2.45, 2.75) is 13.0 Å². The first-order chi connectivity index (χ1) is 14.1. The Hall–Kier alpha value is -3.72. The molecule has 3 N–H and O–H groups in total.